The van der Waals surface area contributed by atoms with Gasteiger partial charge in [0.05, 0.1) is 5.66 Å². The number of allylic oxidation sites excluding steroid dienone is 1. The number of carbonyl (C=O) groups excluding carboxylic acids is 3. The first-order valence-corrected chi connectivity index (χ1v) is 6.58. The number of carbonyl (C=O) groups is 3. The molecular weight excluding hydrogens is 244 g/mol. The first kappa shape index (κ1) is 15.7. The molecule has 0 unspecified atom stereocenters. The van der Waals surface area contributed by atoms with E-state index < -0.39 is 0 Å². The van der Waals surface area contributed by atoms with Gasteiger partial charge in [0, 0.05) is 32.4 Å². The lowest BCUT2D eigenvalue weighted by atomic mass is 9.91. The minimum Gasteiger partial charge on any atom is -0.303 e. The van der Waals surface area contributed by atoms with Crippen LogP contribution in [0.15, 0.2) is 12.2 Å². The maximum Gasteiger partial charge on any atom is 0.155 e. The molecule has 0 spiro atoms. The van der Waals surface area contributed by atoms with Crippen LogP contribution in [0, 0.1) is 0 Å². The van der Waals surface area contributed by atoms with Crippen molar-refractivity contribution in [1.29, 1.82) is 0 Å². The van der Waals surface area contributed by atoms with Gasteiger partial charge >= 0.3 is 0 Å². The molecule has 0 aromatic rings. The standard InChI is InChI=1S/C14H22N2O3/c1-15(9-3-11-17)14(16(2)10-4-12-18)7-5-13(19)6-8-14/h5,7,11-12H,3-4,6,8-10H2,1-2H3. The van der Waals surface area contributed by atoms with Gasteiger partial charge in [0.15, 0.2) is 5.78 Å². The summed E-state index contributed by atoms with van der Waals surface area (Å²) in [5.41, 5.74) is -0.375. The summed E-state index contributed by atoms with van der Waals surface area (Å²) >= 11 is 0. The van der Waals surface area contributed by atoms with Crippen LogP contribution in [0.3, 0.4) is 0 Å². The summed E-state index contributed by atoms with van der Waals surface area (Å²) in [6, 6.07) is 0. The molecule has 0 fully saturated rings. The highest BCUT2D eigenvalue weighted by molar-refractivity contribution is 5.90. The van der Waals surface area contributed by atoms with E-state index in [4.69, 9.17) is 0 Å². The van der Waals surface area contributed by atoms with Gasteiger partial charge in [-0.05, 0) is 32.7 Å². The third-order valence-electron chi connectivity index (χ3n) is 3.76. The normalized spacial score (nSPS) is 18.0. The number of aldehydes is 2. The number of ketones is 1. The van der Waals surface area contributed by atoms with Crippen LogP contribution in [0.25, 0.3) is 0 Å². The summed E-state index contributed by atoms with van der Waals surface area (Å²) in [4.78, 5) is 36.6. The van der Waals surface area contributed by atoms with Crippen LogP contribution in [-0.2, 0) is 14.4 Å². The fourth-order valence-corrected chi connectivity index (χ4v) is 2.51. The van der Waals surface area contributed by atoms with Gasteiger partial charge in [-0.15, -0.1) is 0 Å². The Morgan fingerprint density at radius 2 is 1.68 bits per heavy atom. The predicted molar refractivity (Wildman–Crippen MR) is 72.7 cm³/mol. The highest BCUT2D eigenvalue weighted by Gasteiger charge is 2.38. The van der Waals surface area contributed by atoms with Crippen molar-refractivity contribution in [2.45, 2.75) is 31.3 Å². The molecule has 1 aliphatic rings. The Morgan fingerprint density at radius 3 is 2.05 bits per heavy atom. The van der Waals surface area contributed by atoms with Crippen LogP contribution in [0.4, 0.5) is 0 Å². The predicted octanol–water partition coefficient (Wildman–Crippen LogP) is 0.643. The highest BCUT2D eigenvalue weighted by Crippen LogP contribution is 2.29. The largest absolute Gasteiger partial charge is 0.303 e. The van der Waals surface area contributed by atoms with Crippen molar-refractivity contribution < 1.29 is 14.4 Å². The van der Waals surface area contributed by atoms with Crippen LogP contribution < -0.4 is 0 Å². The van der Waals surface area contributed by atoms with E-state index >= 15 is 0 Å². The number of likely N-dealkylation sites (N-methyl/N-ethyl adjacent to an activating group) is 2. The van der Waals surface area contributed by atoms with E-state index in [1.54, 1.807) is 6.08 Å². The van der Waals surface area contributed by atoms with Crippen molar-refractivity contribution in [2.24, 2.45) is 0 Å². The first-order chi connectivity index (χ1) is 9.06. The lowest BCUT2D eigenvalue weighted by Gasteiger charge is -2.47. The molecule has 5 nitrogen and oxygen atoms in total. The van der Waals surface area contributed by atoms with Gasteiger partial charge in [-0.25, -0.2) is 0 Å². The van der Waals surface area contributed by atoms with Crippen molar-refractivity contribution in [1.82, 2.24) is 9.80 Å². The molecule has 19 heavy (non-hydrogen) atoms. The third kappa shape index (κ3) is 3.81. The molecule has 1 aliphatic carbocycles. The van der Waals surface area contributed by atoms with Crippen molar-refractivity contribution >= 4 is 18.4 Å². The molecule has 0 N–H and O–H groups in total. The minimum atomic E-state index is -0.375. The van der Waals surface area contributed by atoms with Gasteiger partial charge in [0.1, 0.15) is 12.6 Å². The summed E-state index contributed by atoms with van der Waals surface area (Å²) in [6.07, 6.45) is 7.40. The Hall–Kier alpha value is -1.33. The lowest BCUT2D eigenvalue weighted by Crippen LogP contribution is -2.58. The molecular formula is C14H22N2O3. The van der Waals surface area contributed by atoms with Gasteiger partial charge in [-0.1, -0.05) is 0 Å². The second-order valence-electron chi connectivity index (χ2n) is 4.93. The molecule has 5 heteroatoms. The average Bonchev–Trinajstić information content (AvgIpc) is 2.43. The third-order valence-corrected chi connectivity index (χ3v) is 3.76. The zero-order chi connectivity index (χ0) is 14.3. The first-order valence-electron chi connectivity index (χ1n) is 6.58. The van der Waals surface area contributed by atoms with Gasteiger partial charge < -0.3 is 9.59 Å². The summed E-state index contributed by atoms with van der Waals surface area (Å²) in [5.74, 6) is 0.128. The minimum absolute atomic E-state index is 0.128. The summed E-state index contributed by atoms with van der Waals surface area (Å²) in [6.45, 7) is 1.26. The average molecular weight is 266 g/mol. The van der Waals surface area contributed by atoms with Crippen LogP contribution in [-0.4, -0.2) is 61.0 Å². The van der Waals surface area contributed by atoms with Crippen LogP contribution in [0.2, 0.25) is 0 Å². The zero-order valence-electron chi connectivity index (χ0n) is 11.7. The van der Waals surface area contributed by atoms with Crippen molar-refractivity contribution in [3.63, 3.8) is 0 Å². The second kappa shape index (κ2) is 7.31. The fraction of sp³-hybridized carbons (Fsp3) is 0.643. The SMILES string of the molecule is CN(CCC=O)C1(N(C)CCC=O)C=CC(=O)CC1. The van der Waals surface area contributed by atoms with Gasteiger partial charge in [-0.3, -0.25) is 14.6 Å². The lowest BCUT2D eigenvalue weighted by molar-refractivity contribution is -0.118. The maximum atomic E-state index is 11.4. The molecule has 0 aromatic carbocycles. The van der Waals surface area contributed by atoms with Crippen LogP contribution in [0.1, 0.15) is 25.7 Å². The molecule has 0 radical (unpaired) electrons. The Bertz CT molecular complexity index is 348. The number of rotatable bonds is 8. The highest BCUT2D eigenvalue weighted by atomic mass is 16.1. The molecule has 0 heterocycles. The summed E-state index contributed by atoms with van der Waals surface area (Å²) < 4.78 is 0. The number of hydrogen-bond donors (Lipinski definition) is 0. The molecule has 0 saturated heterocycles. The van der Waals surface area contributed by atoms with Crippen molar-refractivity contribution in [2.75, 3.05) is 27.2 Å². The molecule has 0 aliphatic heterocycles. The fourth-order valence-electron chi connectivity index (χ4n) is 2.51. The zero-order valence-corrected chi connectivity index (χ0v) is 11.7. The number of hydrogen-bond acceptors (Lipinski definition) is 5. The topological polar surface area (TPSA) is 57.7 Å². The molecule has 0 amide bonds. The second-order valence-corrected chi connectivity index (χ2v) is 4.93. The Kier molecular flexibility index (Phi) is 6.05. The van der Waals surface area contributed by atoms with E-state index in [0.29, 0.717) is 38.8 Å². The smallest absolute Gasteiger partial charge is 0.155 e. The van der Waals surface area contributed by atoms with E-state index in [1.165, 1.54) is 0 Å². The quantitative estimate of drug-likeness (QED) is 0.477. The van der Waals surface area contributed by atoms with E-state index in [2.05, 4.69) is 9.80 Å². The van der Waals surface area contributed by atoms with Crippen molar-refractivity contribution in [3.8, 4) is 0 Å². The molecule has 0 atom stereocenters. The van der Waals surface area contributed by atoms with Gasteiger partial charge in [0.2, 0.25) is 0 Å². The maximum absolute atomic E-state index is 11.4. The van der Waals surface area contributed by atoms with Crippen LogP contribution in [0.5, 0.6) is 0 Å². The summed E-state index contributed by atoms with van der Waals surface area (Å²) in [5, 5.41) is 0. The monoisotopic (exact) mass is 266 g/mol. The molecule has 0 bridgehead atoms. The van der Waals surface area contributed by atoms with E-state index in [0.717, 1.165) is 12.6 Å². The Morgan fingerprint density at radius 1 is 1.16 bits per heavy atom. The molecule has 0 aromatic heterocycles. The van der Waals surface area contributed by atoms with Crippen molar-refractivity contribution in [3.05, 3.63) is 12.2 Å². The van der Waals surface area contributed by atoms with Crippen LogP contribution >= 0.6 is 0 Å². The van der Waals surface area contributed by atoms with Gasteiger partial charge in [0.25, 0.3) is 0 Å². The van der Waals surface area contributed by atoms with Gasteiger partial charge in [-0.2, -0.15) is 0 Å². The number of nitrogens with zero attached hydrogens (tertiary/aromatic N) is 2. The molecule has 0 saturated carbocycles. The van der Waals surface area contributed by atoms with E-state index in [1.807, 2.05) is 20.2 Å². The van der Waals surface area contributed by atoms with E-state index in [9.17, 15) is 14.4 Å². The molecule has 1 rings (SSSR count). The Labute approximate surface area is 114 Å². The summed E-state index contributed by atoms with van der Waals surface area (Å²) in [7, 11) is 3.89. The Balaban J connectivity index is 2.89. The molecule has 106 valence electrons. The van der Waals surface area contributed by atoms with E-state index in [-0.39, 0.29) is 11.4 Å².